The number of ketones is 2. The van der Waals surface area contributed by atoms with E-state index in [0.717, 1.165) is 16.7 Å². The van der Waals surface area contributed by atoms with Crippen LogP contribution in [0.5, 0.6) is 0 Å². The molecule has 4 heteroatoms. The van der Waals surface area contributed by atoms with Gasteiger partial charge in [-0.2, -0.15) is 0 Å². The molecule has 0 spiro atoms. The van der Waals surface area contributed by atoms with Gasteiger partial charge < -0.3 is 5.11 Å². The van der Waals surface area contributed by atoms with Crippen molar-refractivity contribution in [2.75, 3.05) is 0 Å². The first-order chi connectivity index (χ1) is 13.0. The van der Waals surface area contributed by atoms with Crippen LogP contribution in [-0.2, 0) is 16.3 Å². The molecule has 0 aromatic heterocycles. The number of aliphatic hydroxyl groups is 1. The lowest BCUT2D eigenvalue weighted by Crippen LogP contribution is -2.48. The highest BCUT2D eigenvalue weighted by molar-refractivity contribution is 6.34. The highest BCUT2D eigenvalue weighted by Gasteiger charge is 2.53. The third-order valence-corrected chi connectivity index (χ3v) is 5.71. The molecule has 146 valence electrons. The minimum atomic E-state index is -1.21. The maximum Gasteiger partial charge on any atom is 0.179 e. The molecule has 0 amide bonds. The van der Waals surface area contributed by atoms with Gasteiger partial charge in [-0.05, 0) is 68.5 Å². The molecule has 2 aromatic rings. The fourth-order valence-electron chi connectivity index (χ4n) is 3.83. The van der Waals surface area contributed by atoms with Gasteiger partial charge in [0.25, 0.3) is 0 Å². The van der Waals surface area contributed by atoms with Crippen LogP contribution in [0.3, 0.4) is 0 Å². The molecule has 1 N–H and O–H groups in total. The zero-order chi connectivity index (χ0) is 20.9. The van der Waals surface area contributed by atoms with Gasteiger partial charge in [-0.15, -0.1) is 0 Å². The van der Waals surface area contributed by atoms with Crippen LogP contribution in [0.2, 0.25) is 0 Å². The van der Waals surface area contributed by atoms with Gasteiger partial charge in [0.2, 0.25) is 0 Å². The van der Waals surface area contributed by atoms with Crippen LogP contribution in [0.1, 0.15) is 44.4 Å². The molecule has 0 heterocycles. The van der Waals surface area contributed by atoms with Gasteiger partial charge in [0.05, 0.1) is 16.4 Å². The molecule has 0 radical (unpaired) electrons. The van der Waals surface area contributed by atoms with Crippen molar-refractivity contribution in [3.8, 4) is 11.1 Å². The summed E-state index contributed by atoms with van der Waals surface area (Å²) in [5, 5.41) is 10.9. The summed E-state index contributed by atoms with van der Waals surface area (Å²) in [4.78, 5) is 25.9. The molecule has 0 saturated carbocycles. The van der Waals surface area contributed by atoms with Gasteiger partial charge in [-0.3, -0.25) is 9.59 Å². The first-order valence-corrected chi connectivity index (χ1v) is 9.31. The van der Waals surface area contributed by atoms with E-state index < -0.39 is 17.5 Å². The van der Waals surface area contributed by atoms with E-state index in [1.165, 1.54) is 0 Å². The molecule has 0 atom stereocenters. The predicted octanol–water partition coefficient (Wildman–Crippen LogP) is 5.60. The van der Waals surface area contributed by atoms with Gasteiger partial charge >= 0.3 is 0 Å². The van der Waals surface area contributed by atoms with Crippen LogP contribution in [0.25, 0.3) is 16.7 Å². The lowest BCUT2D eigenvalue weighted by Gasteiger charge is -2.38. The Morgan fingerprint density at radius 2 is 1.46 bits per heavy atom. The number of hydrogen-bond acceptors (Lipinski definition) is 3. The number of aryl methyl sites for hydroxylation is 1. The van der Waals surface area contributed by atoms with E-state index in [0.29, 0.717) is 11.1 Å². The summed E-state index contributed by atoms with van der Waals surface area (Å²) in [6.07, 6.45) is 0. The number of carbonyl (C=O) groups is 2. The normalized spacial score (nSPS) is 18.5. The molecule has 0 unspecified atom stereocenters. The van der Waals surface area contributed by atoms with Crippen molar-refractivity contribution in [1.29, 1.82) is 0 Å². The molecule has 28 heavy (non-hydrogen) atoms. The highest BCUT2D eigenvalue weighted by atomic mass is 19.1. The third kappa shape index (κ3) is 2.97. The molecule has 3 rings (SSSR count). The maximum absolute atomic E-state index is 13.2. The number of Topliss-reactive ketones (excluding diaryl/α,β-unsaturated/α-hetero) is 2. The molecule has 2 aromatic carbocycles. The monoisotopic (exact) mass is 380 g/mol. The number of rotatable bonds is 3. The second-order valence-electron chi connectivity index (χ2n) is 8.49. The molecule has 3 nitrogen and oxygen atoms in total. The molecule has 0 bridgehead atoms. The largest absolute Gasteiger partial charge is 0.510 e. The third-order valence-electron chi connectivity index (χ3n) is 5.71. The topological polar surface area (TPSA) is 54.4 Å². The van der Waals surface area contributed by atoms with Crippen LogP contribution < -0.4 is 0 Å². The second kappa shape index (κ2) is 6.69. The van der Waals surface area contributed by atoms with Gasteiger partial charge in [-0.25, -0.2) is 4.39 Å². The Bertz CT molecular complexity index is 995. The number of allylic oxidation sites excluding steroid dienone is 2. The lowest BCUT2D eigenvalue weighted by molar-refractivity contribution is -0.143. The van der Waals surface area contributed by atoms with E-state index in [1.54, 1.807) is 39.8 Å². The first kappa shape index (κ1) is 20.0. The average Bonchev–Trinajstić information content (AvgIpc) is 2.67. The smallest absolute Gasteiger partial charge is 0.179 e. The number of hydrogen-bond donors (Lipinski definition) is 1. The van der Waals surface area contributed by atoms with Crippen molar-refractivity contribution >= 4 is 17.1 Å². The Balaban J connectivity index is 2.21. The highest BCUT2D eigenvalue weighted by Crippen LogP contribution is 2.47. The minimum Gasteiger partial charge on any atom is -0.510 e. The summed E-state index contributed by atoms with van der Waals surface area (Å²) in [7, 11) is 0. The molecule has 0 fully saturated rings. The number of aliphatic hydroxyl groups excluding tert-OH is 1. The number of benzene rings is 2. The summed E-state index contributed by atoms with van der Waals surface area (Å²) in [5.41, 5.74) is 1.63. The molecule has 1 aliphatic rings. The van der Waals surface area contributed by atoms with Crippen LogP contribution in [0.4, 0.5) is 4.39 Å². The van der Waals surface area contributed by atoms with Crippen molar-refractivity contribution in [1.82, 2.24) is 0 Å². The van der Waals surface area contributed by atoms with Crippen LogP contribution >= 0.6 is 0 Å². The quantitative estimate of drug-likeness (QED) is 0.705. The summed E-state index contributed by atoms with van der Waals surface area (Å²) >= 11 is 0. The van der Waals surface area contributed by atoms with E-state index >= 15 is 0 Å². The fourth-order valence-corrected chi connectivity index (χ4v) is 3.83. The molecular weight excluding hydrogens is 355 g/mol. The van der Waals surface area contributed by atoms with E-state index in [9.17, 15) is 19.1 Å². The summed E-state index contributed by atoms with van der Waals surface area (Å²) in [5.74, 6) is -0.848. The van der Waals surface area contributed by atoms with Crippen molar-refractivity contribution in [3.63, 3.8) is 0 Å². The van der Waals surface area contributed by atoms with E-state index in [-0.39, 0.29) is 22.9 Å². The number of alkyl halides is 1. The Kier molecular flexibility index (Phi) is 4.78. The summed E-state index contributed by atoms with van der Waals surface area (Å²) in [6.45, 7) is 7.87. The van der Waals surface area contributed by atoms with Crippen molar-refractivity contribution in [2.24, 2.45) is 10.8 Å². The Morgan fingerprint density at radius 3 is 2.04 bits per heavy atom. The van der Waals surface area contributed by atoms with Crippen LogP contribution in [-0.4, -0.2) is 16.7 Å². The zero-order valence-electron chi connectivity index (χ0n) is 16.9. The Morgan fingerprint density at radius 1 is 0.893 bits per heavy atom. The Hall–Kier alpha value is -2.75. The minimum absolute atomic E-state index is 0.185. The molecular formula is C24H25FO3. The first-order valence-electron chi connectivity index (χ1n) is 9.31. The van der Waals surface area contributed by atoms with Gasteiger partial charge in [0.15, 0.2) is 11.6 Å². The molecule has 1 aliphatic carbocycles. The predicted molar refractivity (Wildman–Crippen MR) is 109 cm³/mol. The summed E-state index contributed by atoms with van der Waals surface area (Å²) < 4.78 is 12.8. The average molecular weight is 380 g/mol. The molecule has 0 saturated heterocycles. The summed E-state index contributed by atoms with van der Waals surface area (Å²) in [6, 6.07) is 12.8. The maximum atomic E-state index is 13.2. The van der Waals surface area contributed by atoms with E-state index in [1.807, 2.05) is 37.3 Å². The van der Waals surface area contributed by atoms with Gasteiger partial charge in [0.1, 0.15) is 12.4 Å². The van der Waals surface area contributed by atoms with Crippen LogP contribution in [0, 0.1) is 17.8 Å². The number of carbonyl (C=O) groups excluding carboxylic acids is 2. The second-order valence-corrected chi connectivity index (χ2v) is 8.49. The Labute approximate surface area is 164 Å². The van der Waals surface area contributed by atoms with Crippen molar-refractivity contribution in [2.45, 2.75) is 41.3 Å². The van der Waals surface area contributed by atoms with Gasteiger partial charge in [-0.1, -0.05) is 36.4 Å². The standard InChI is InChI=1S/C24H25FO3/c1-14-6-9-17(16-10-7-15(13-25)8-11-16)12-18(14)19-20(26)23(2,3)22(28)24(4,5)21(19)27/h6-12,26H,13H2,1-5H3. The van der Waals surface area contributed by atoms with Crippen molar-refractivity contribution in [3.05, 3.63) is 64.9 Å². The molecule has 0 aliphatic heterocycles. The SMILES string of the molecule is Cc1ccc(-c2ccc(CF)cc2)cc1C1=C(O)C(C)(C)C(=O)C(C)(C)C1=O. The fraction of sp³-hybridized carbons (Fsp3) is 0.333. The number of halogens is 1. The van der Waals surface area contributed by atoms with Crippen molar-refractivity contribution < 1.29 is 19.1 Å². The van der Waals surface area contributed by atoms with Gasteiger partial charge in [0, 0.05) is 0 Å². The van der Waals surface area contributed by atoms with E-state index in [2.05, 4.69) is 0 Å². The van der Waals surface area contributed by atoms with E-state index in [4.69, 9.17) is 0 Å². The van der Waals surface area contributed by atoms with Crippen LogP contribution in [0.15, 0.2) is 48.2 Å². The zero-order valence-corrected chi connectivity index (χ0v) is 16.9. The lowest BCUT2D eigenvalue weighted by atomic mass is 9.62.